The van der Waals surface area contributed by atoms with Gasteiger partial charge >= 0.3 is 12.4 Å². The maximum atomic E-state index is 12.6. The highest BCUT2D eigenvalue weighted by Crippen LogP contribution is 2.24. The third-order valence-electron chi connectivity index (χ3n) is 4.35. The second-order valence-electron chi connectivity index (χ2n) is 6.60. The number of carbonyl (C=O) groups is 2. The lowest BCUT2D eigenvalue weighted by atomic mass is 10.2. The Morgan fingerprint density at radius 1 is 1.22 bits per heavy atom. The van der Waals surface area contributed by atoms with Crippen molar-refractivity contribution in [2.45, 2.75) is 23.7 Å². The van der Waals surface area contributed by atoms with Crippen molar-refractivity contribution in [3.05, 3.63) is 24.3 Å². The van der Waals surface area contributed by atoms with Gasteiger partial charge in [-0.3, -0.25) is 4.79 Å². The number of hydrogen-bond donors (Lipinski definition) is 2. The number of carbonyl (C=O) groups excluding carboxylic acids is 2. The number of rotatable bonds is 8. The van der Waals surface area contributed by atoms with Gasteiger partial charge in [0.1, 0.15) is 18.3 Å². The zero-order valence-electron chi connectivity index (χ0n) is 16.7. The van der Waals surface area contributed by atoms with Gasteiger partial charge in [-0.05, 0) is 30.7 Å². The fourth-order valence-corrected chi connectivity index (χ4v) is 4.10. The number of halogens is 3. The lowest BCUT2D eigenvalue weighted by Gasteiger charge is -2.29. The summed E-state index contributed by atoms with van der Waals surface area (Å²) in [6.07, 6.45) is -5.24. The maximum absolute atomic E-state index is 12.6. The molecule has 1 aromatic carbocycles. The van der Waals surface area contributed by atoms with Crippen molar-refractivity contribution in [1.29, 1.82) is 5.26 Å². The maximum Gasteiger partial charge on any atom is 0.573 e. The highest BCUT2D eigenvalue weighted by Gasteiger charge is 2.31. The minimum absolute atomic E-state index is 0.275. The fourth-order valence-electron chi connectivity index (χ4n) is 2.76. The molecule has 0 saturated carbocycles. The van der Waals surface area contributed by atoms with Crippen molar-refractivity contribution < 1.29 is 40.7 Å². The van der Waals surface area contributed by atoms with Gasteiger partial charge in [0.2, 0.25) is 5.91 Å². The van der Waals surface area contributed by atoms with Crippen molar-refractivity contribution in [1.82, 2.24) is 15.5 Å². The van der Waals surface area contributed by atoms with Crippen LogP contribution in [0.3, 0.4) is 0 Å². The van der Waals surface area contributed by atoms with Gasteiger partial charge in [0.25, 0.3) is 0 Å². The zero-order chi connectivity index (χ0) is 23.8. The molecule has 1 aromatic rings. The Morgan fingerprint density at radius 3 is 2.41 bits per heavy atom. The van der Waals surface area contributed by atoms with Crippen LogP contribution in [-0.2, 0) is 19.4 Å². The minimum atomic E-state index is -4.91. The van der Waals surface area contributed by atoms with Crippen molar-refractivity contribution in [2.75, 3.05) is 38.6 Å². The highest BCUT2D eigenvalue weighted by atomic mass is 32.2. The number of alkyl halides is 3. The second kappa shape index (κ2) is 11.0. The molecule has 1 heterocycles. The van der Waals surface area contributed by atoms with Gasteiger partial charge in [-0.25, -0.2) is 13.2 Å². The van der Waals surface area contributed by atoms with E-state index in [0.717, 1.165) is 24.3 Å². The van der Waals surface area contributed by atoms with Gasteiger partial charge < -0.3 is 25.0 Å². The van der Waals surface area contributed by atoms with Gasteiger partial charge in [0.05, 0.1) is 29.9 Å². The van der Waals surface area contributed by atoms with E-state index in [1.165, 1.54) is 4.90 Å². The van der Waals surface area contributed by atoms with E-state index >= 15 is 0 Å². The summed E-state index contributed by atoms with van der Waals surface area (Å²) >= 11 is 0. The second-order valence-corrected chi connectivity index (χ2v) is 8.71. The van der Waals surface area contributed by atoms with Crippen LogP contribution in [0.25, 0.3) is 0 Å². The third-order valence-corrected chi connectivity index (χ3v) is 6.11. The molecule has 2 rings (SSSR count). The van der Waals surface area contributed by atoms with E-state index in [1.807, 2.05) is 0 Å². The van der Waals surface area contributed by atoms with E-state index in [4.69, 9.17) is 10.00 Å². The molecule has 3 amide bonds. The van der Waals surface area contributed by atoms with Crippen LogP contribution < -0.4 is 15.4 Å². The van der Waals surface area contributed by atoms with E-state index in [2.05, 4.69) is 15.4 Å². The Balaban J connectivity index is 2.06. The lowest BCUT2D eigenvalue weighted by molar-refractivity contribution is -0.274. The molecule has 0 bridgehead atoms. The molecule has 0 spiro atoms. The number of sulfone groups is 1. The molecule has 0 aromatic heterocycles. The van der Waals surface area contributed by atoms with Gasteiger partial charge in [0.15, 0.2) is 9.84 Å². The molecule has 0 unspecified atom stereocenters. The third kappa shape index (κ3) is 7.89. The van der Waals surface area contributed by atoms with E-state index < -0.39 is 45.7 Å². The first-order valence-corrected chi connectivity index (χ1v) is 11.0. The molecule has 1 saturated heterocycles. The Bertz CT molecular complexity index is 941. The number of nitriles is 1. The standard InChI is InChI=1S/C18H21F3N4O6S/c19-18(20,21)31-13-1-3-14(4-2-13)32(28,29)12-5-15(16(26)23-7-6-22)24-17(27)25-8-10-30-11-9-25/h1-4,15H,5,7-12H2,(H,23,26)(H,24,27)/t15-/m0/s1. The summed E-state index contributed by atoms with van der Waals surface area (Å²) < 4.78 is 70.7. The Labute approximate surface area is 182 Å². The number of nitrogens with one attached hydrogen (secondary N) is 2. The molecular formula is C18H21F3N4O6S. The van der Waals surface area contributed by atoms with Crippen LogP contribution in [0.5, 0.6) is 5.75 Å². The smallest absolute Gasteiger partial charge is 0.406 e. The van der Waals surface area contributed by atoms with E-state index in [9.17, 15) is 31.2 Å². The quantitative estimate of drug-likeness (QED) is 0.527. The average Bonchev–Trinajstić information content (AvgIpc) is 2.74. The molecule has 1 fully saturated rings. The van der Waals surface area contributed by atoms with E-state index in [0.29, 0.717) is 26.3 Å². The Morgan fingerprint density at radius 2 is 1.84 bits per heavy atom. The van der Waals surface area contributed by atoms with Crippen LogP contribution in [0.15, 0.2) is 29.2 Å². The number of urea groups is 1. The molecule has 1 aliphatic rings. The monoisotopic (exact) mass is 478 g/mol. The molecule has 14 heteroatoms. The predicted octanol–water partition coefficient (Wildman–Crippen LogP) is 0.799. The molecular weight excluding hydrogens is 457 g/mol. The first-order valence-electron chi connectivity index (χ1n) is 9.38. The van der Waals surface area contributed by atoms with Crippen LogP contribution in [0.1, 0.15) is 6.42 Å². The van der Waals surface area contributed by atoms with Crippen LogP contribution in [-0.4, -0.2) is 76.3 Å². The minimum Gasteiger partial charge on any atom is -0.406 e. The van der Waals surface area contributed by atoms with Gasteiger partial charge in [-0.2, -0.15) is 5.26 Å². The topological polar surface area (TPSA) is 138 Å². The summed E-state index contributed by atoms with van der Waals surface area (Å²) in [5.74, 6) is -1.90. The van der Waals surface area contributed by atoms with Crippen LogP contribution in [0, 0.1) is 11.3 Å². The zero-order valence-corrected chi connectivity index (χ0v) is 17.5. The lowest BCUT2D eigenvalue weighted by Crippen LogP contribution is -2.54. The van der Waals surface area contributed by atoms with Crippen molar-refractivity contribution in [3.8, 4) is 11.8 Å². The van der Waals surface area contributed by atoms with Gasteiger partial charge in [-0.15, -0.1) is 13.2 Å². The summed E-state index contributed by atoms with van der Waals surface area (Å²) in [6.45, 7) is 0.893. The summed E-state index contributed by atoms with van der Waals surface area (Å²) in [7, 11) is -4.00. The molecule has 32 heavy (non-hydrogen) atoms. The summed E-state index contributed by atoms with van der Waals surface area (Å²) in [4.78, 5) is 25.8. The average molecular weight is 478 g/mol. The first kappa shape index (κ1) is 25.2. The summed E-state index contributed by atoms with van der Waals surface area (Å²) in [5, 5.41) is 13.4. The number of nitrogens with zero attached hydrogens (tertiary/aromatic N) is 2. The molecule has 2 N–H and O–H groups in total. The van der Waals surface area contributed by atoms with Crippen molar-refractivity contribution in [2.24, 2.45) is 0 Å². The number of morpholine rings is 1. The summed E-state index contributed by atoms with van der Waals surface area (Å²) in [6, 6.07) is 3.49. The molecule has 1 atom stereocenters. The van der Waals surface area contributed by atoms with E-state index in [-0.39, 0.29) is 17.9 Å². The number of ether oxygens (including phenoxy) is 2. The van der Waals surface area contributed by atoms with Crippen molar-refractivity contribution >= 4 is 21.8 Å². The Kier molecular flexibility index (Phi) is 8.67. The van der Waals surface area contributed by atoms with E-state index in [1.54, 1.807) is 6.07 Å². The largest absolute Gasteiger partial charge is 0.573 e. The number of hydrogen-bond acceptors (Lipinski definition) is 7. The van der Waals surface area contributed by atoms with Crippen LogP contribution in [0.4, 0.5) is 18.0 Å². The first-order chi connectivity index (χ1) is 15.0. The molecule has 10 nitrogen and oxygen atoms in total. The molecule has 1 aliphatic heterocycles. The SMILES string of the molecule is N#CCNC(=O)[C@H](CCS(=O)(=O)c1ccc(OC(F)(F)F)cc1)NC(=O)N1CCOCC1. The van der Waals surface area contributed by atoms with Crippen LogP contribution in [0.2, 0.25) is 0 Å². The number of amides is 3. The Hall–Kier alpha value is -3.05. The van der Waals surface area contributed by atoms with Gasteiger partial charge in [0, 0.05) is 13.1 Å². The molecule has 0 aliphatic carbocycles. The fraction of sp³-hybridized carbons (Fsp3) is 0.500. The van der Waals surface area contributed by atoms with Crippen LogP contribution >= 0.6 is 0 Å². The molecule has 0 radical (unpaired) electrons. The summed E-state index contributed by atoms with van der Waals surface area (Å²) in [5.41, 5.74) is 0. The normalized spacial score (nSPS) is 15.4. The molecule has 176 valence electrons. The predicted molar refractivity (Wildman–Crippen MR) is 103 cm³/mol. The van der Waals surface area contributed by atoms with Gasteiger partial charge in [-0.1, -0.05) is 0 Å². The van der Waals surface area contributed by atoms with Crippen molar-refractivity contribution in [3.63, 3.8) is 0 Å². The highest BCUT2D eigenvalue weighted by molar-refractivity contribution is 7.91. The number of benzene rings is 1.